The van der Waals surface area contributed by atoms with E-state index in [-0.39, 0.29) is 6.79 Å². The molecule has 2 fully saturated rings. The van der Waals surface area contributed by atoms with Crippen LogP contribution in [0.15, 0.2) is 42.5 Å². The van der Waals surface area contributed by atoms with Crippen LogP contribution in [0.1, 0.15) is 23.1 Å². The van der Waals surface area contributed by atoms with Gasteiger partial charge in [0.15, 0.2) is 11.5 Å². The van der Waals surface area contributed by atoms with Gasteiger partial charge in [0.1, 0.15) is 11.9 Å². The Hall–Kier alpha value is -3.34. The summed E-state index contributed by atoms with van der Waals surface area (Å²) in [4.78, 5) is 29.5. The van der Waals surface area contributed by atoms with Gasteiger partial charge in [0.05, 0.1) is 32.3 Å². The first-order chi connectivity index (χ1) is 17.0. The van der Waals surface area contributed by atoms with Gasteiger partial charge in [-0.05, 0) is 35.4 Å². The summed E-state index contributed by atoms with van der Waals surface area (Å²) in [5.41, 5.74) is 7.54. The molecule has 1 amide bonds. The first-order valence-corrected chi connectivity index (χ1v) is 11.6. The van der Waals surface area contributed by atoms with Crippen LogP contribution in [0.3, 0.4) is 0 Å². The number of carboxylic acids is 1. The van der Waals surface area contributed by atoms with Gasteiger partial charge < -0.3 is 29.8 Å². The van der Waals surface area contributed by atoms with Crippen molar-refractivity contribution in [3.63, 3.8) is 0 Å². The van der Waals surface area contributed by atoms with Gasteiger partial charge in [0, 0.05) is 25.6 Å². The number of benzene rings is 2. The number of carbonyl (C=O) groups excluding carboxylic acids is 1. The average Bonchev–Trinajstić information content (AvgIpc) is 3.49. The fourth-order valence-electron chi connectivity index (χ4n) is 5.47. The standard InChI is InChI=1S/C25H29N3O7/c1-32-17-5-2-15(3-6-17)22-21(25(30)31)18(16-4-7-19-20(12-16)35-14-34-19)13-28(22)24(23(26)29)27-8-10-33-11-9-27/h2-7,12,18,21-22,24H,8-11,13-14H2,1H3,(H2,26,29)(H,30,31). The maximum absolute atomic E-state index is 12.8. The Morgan fingerprint density at radius 2 is 1.74 bits per heavy atom. The summed E-state index contributed by atoms with van der Waals surface area (Å²) >= 11 is 0. The van der Waals surface area contributed by atoms with Crippen molar-refractivity contribution < 1.29 is 33.6 Å². The Morgan fingerprint density at radius 1 is 1.06 bits per heavy atom. The van der Waals surface area contributed by atoms with Gasteiger partial charge in [-0.2, -0.15) is 0 Å². The summed E-state index contributed by atoms with van der Waals surface area (Å²) in [6, 6.07) is 12.2. The fourth-order valence-corrected chi connectivity index (χ4v) is 5.47. The van der Waals surface area contributed by atoms with E-state index in [0.29, 0.717) is 50.1 Å². The molecule has 4 atom stereocenters. The molecular formula is C25H29N3O7. The number of carboxylic acid groups (broad SMARTS) is 1. The molecule has 0 spiro atoms. The molecule has 0 bridgehead atoms. The number of carbonyl (C=O) groups is 2. The van der Waals surface area contributed by atoms with Gasteiger partial charge in [-0.1, -0.05) is 18.2 Å². The highest BCUT2D eigenvalue weighted by Gasteiger charge is 2.52. The molecule has 2 aromatic rings. The first-order valence-electron chi connectivity index (χ1n) is 11.6. The average molecular weight is 484 g/mol. The topological polar surface area (TPSA) is 124 Å². The van der Waals surface area contributed by atoms with Crippen molar-refractivity contribution in [2.45, 2.75) is 18.1 Å². The zero-order valence-electron chi connectivity index (χ0n) is 19.5. The number of methoxy groups -OCH3 is 1. The molecule has 3 N–H and O–H groups in total. The van der Waals surface area contributed by atoms with Gasteiger partial charge >= 0.3 is 5.97 Å². The molecule has 35 heavy (non-hydrogen) atoms. The lowest BCUT2D eigenvalue weighted by Gasteiger charge is -2.40. The molecular weight excluding hydrogens is 454 g/mol. The third-order valence-electron chi connectivity index (χ3n) is 7.07. The number of nitrogens with zero attached hydrogens (tertiary/aromatic N) is 2. The van der Waals surface area contributed by atoms with E-state index in [0.717, 1.165) is 11.1 Å². The predicted octanol–water partition coefficient (Wildman–Crippen LogP) is 1.41. The summed E-state index contributed by atoms with van der Waals surface area (Å²) in [6.45, 7) is 2.50. The van der Waals surface area contributed by atoms with E-state index in [4.69, 9.17) is 24.7 Å². The van der Waals surface area contributed by atoms with Crippen LogP contribution in [0.4, 0.5) is 0 Å². The number of ether oxygens (including phenoxy) is 4. The van der Waals surface area contributed by atoms with Gasteiger partial charge in [0.2, 0.25) is 12.7 Å². The number of rotatable bonds is 7. The van der Waals surface area contributed by atoms with E-state index in [2.05, 4.69) is 0 Å². The second-order valence-corrected chi connectivity index (χ2v) is 8.92. The zero-order chi connectivity index (χ0) is 24.5. The molecule has 3 aliphatic rings. The lowest BCUT2D eigenvalue weighted by molar-refractivity contribution is -0.145. The Kier molecular flexibility index (Phi) is 6.50. The highest BCUT2D eigenvalue weighted by molar-refractivity contribution is 5.80. The molecule has 0 aromatic heterocycles. The van der Waals surface area contributed by atoms with Crippen LogP contribution in [-0.2, 0) is 14.3 Å². The molecule has 4 unspecified atom stereocenters. The fraction of sp³-hybridized carbons (Fsp3) is 0.440. The van der Waals surface area contributed by atoms with Gasteiger partial charge in [-0.3, -0.25) is 19.4 Å². The minimum atomic E-state index is -0.943. The number of primary amides is 1. The van der Waals surface area contributed by atoms with Gasteiger partial charge in [0.25, 0.3) is 0 Å². The molecule has 2 saturated heterocycles. The zero-order valence-corrected chi connectivity index (χ0v) is 19.5. The number of hydrogen-bond acceptors (Lipinski definition) is 8. The monoisotopic (exact) mass is 483 g/mol. The molecule has 10 nitrogen and oxygen atoms in total. The molecule has 0 saturated carbocycles. The Balaban J connectivity index is 1.59. The summed E-state index contributed by atoms with van der Waals surface area (Å²) in [5.74, 6) is -0.806. The van der Waals surface area contributed by atoms with Gasteiger partial charge in [-0.15, -0.1) is 0 Å². The van der Waals surface area contributed by atoms with Crippen LogP contribution in [0.2, 0.25) is 0 Å². The lowest BCUT2D eigenvalue weighted by atomic mass is 9.82. The number of likely N-dealkylation sites (tertiary alicyclic amines) is 1. The quantitative estimate of drug-likeness (QED) is 0.601. The SMILES string of the molecule is COc1ccc(C2C(C(=O)O)C(c3ccc4c(c3)OCO4)CN2C(C(N)=O)N2CCOCC2)cc1. The third-order valence-corrected chi connectivity index (χ3v) is 7.07. The minimum Gasteiger partial charge on any atom is -0.497 e. The number of amides is 1. The molecule has 2 aromatic carbocycles. The first kappa shape index (κ1) is 23.4. The summed E-state index contributed by atoms with van der Waals surface area (Å²) in [7, 11) is 1.58. The second kappa shape index (κ2) is 9.73. The summed E-state index contributed by atoms with van der Waals surface area (Å²) < 4.78 is 21.7. The predicted molar refractivity (Wildman–Crippen MR) is 124 cm³/mol. The van der Waals surface area contributed by atoms with Crippen molar-refractivity contribution in [1.82, 2.24) is 9.80 Å². The van der Waals surface area contributed by atoms with Crippen molar-refractivity contribution in [3.05, 3.63) is 53.6 Å². The van der Waals surface area contributed by atoms with E-state index in [1.165, 1.54) is 0 Å². The molecule has 0 radical (unpaired) electrons. The maximum atomic E-state index is 12.8. The Bertz CT molecular complexity index is 1090. The van der Waals surface area contributed by atoms with Crippen LogP contribution in [-0.4, -0.2) is 79.7 Å². The smallest absolute Gasteiger partial charge is 0.309 e. The number of fused-ring (bicyclic) bond motifs is 1. The summed E-state index contributed by atoms with van der Waals surface area (Å²) in [5, 5.41) is 10.5. The molecule has 3 aliphatic heterocycles. The van der Waals surface area contributed by atoms with Crippen molar-refractivity contribution >= 4 is 11.9 Å². The normalized spacial score (nSPS) is 25.3. The number of hydrogen-bond donors (Lipinski definition) is 2. The Labute approximate surface area is 203 Å². The van der Waals surface area contributed by atoms with Crippen LogP contribution in [0.5, 0.6) is 17.2 Å². The Morgan fingerprint density at radius 3 is 2.40 bits per heavy atom. The molecule has 0 aliphatic carbocycles. The van der Waals surface area contributed by atoms with Crippen LogP contribution in [0, 0.1) is 5.92 Å². The molecule has 10 heteroatoms. The van der Waals surface area contributed by atoms with E-state index in [1.807, 2.05) is 34.1 Å². The second-order valence-electron chi connectivity index (χ2n) is 8.92. The van der Waals surface area contributed by atoms with Crippen LogP contribution < -0.4 is 19.9 Å². The number of nitrogens with two attached hydrogens (primary N) is 1. The van der Waals surface area contributed by atoms with Crippen molar-refractivity contribution in [1.29, 1.82) is 0 Å². The largest absolute Gasteiger partial charge is 0.497 e. The molecule has 5 rings (SSSR count). The third kappa shape index (κ3) is 4.40. The van der Waals surface area contributed by atoms with Crippen LogP contribution >= 0.6 is 0 Å². The van der Waals surface area contributed by atoms with Crippen molar-refractivity contribution in [2.75, 3.05) is 46.8 Å². The maximum Gasteiger partial charge on any atom is 0.309 e. The van der Waals surface area contributed by atoms with Crippen LogP contribution in [0.25, 0.3) is 0 Å². The van der Waals surface area contributed by atoms with Crippen molar-refractivity contribution in [2.24, 2.45) is 11.7 Å². The van der Waals surface area contributed by atoms with Crippen molar-refractivity contribution in [3.8, 4) is 17.2 Å². The van der Waals surface area contributed by atoms with E-state index in [1.54, 1.807) is 25.3 Å². The minimum absolute atomic E-state index is 0.132. The highest BCUT2D eigenvalue weighted by atomic mass is 16.7. The summed E-state index contributed by atoms with van der Waals surface area (Å²) in [6.07, 6.45) is -0.771. The van der Waals surface area contributed by atoms with Gasteiger partial charge in [-0.25, -0.2) is 0 Å². The number of aliphatic carboxylic acids is 1. The van der Waals surface area contributed by atoms with E-state index >= 15 is 0 Å². The van der Waals surface area contributed by atoms with E-state index in [9.17, 15) is 14.7 Å². The molecule has 3 heterocycles. The number of morpholine rings is 1. The van der Waals surface area contributed by atoms with E-state index < -0.39 is 35.9 Å². The lowest BCUT2D eigenvalue weighted by Crippen LogP contribution is -2.58. The highest BCUT2D eigenvalue weighted by Crippen LogP contribution is 2.49. The molecule has 186 valence electrons.